The quantitative estimate of drug-likeness (QED) is 0.428. The first-order valence-electron chi connectivity index (χ1n) is 4.31. The Morgan fingerprint density at radius 3 is 2.42 bits per heavy atom. The van der Waals surface area contributed by atoms with Crippen molar-refractivity contribution in [1.29, 1.82) is 0 Å². The number of allylic oxidation sites excluding steroid dienone is 1. The Morgan fingerprint density at radius 2 is 1.92 bits per heavy atom. The molecule has 1 saturated heterocycles. The topological polar surface area (TPSA) is 20.3 Å². The van der Waals surface area contributed by atoms with Crippen LogP contribution in [0, 0.1) is 11.8 Å². The van der Waals surface area contributed by atoms with Gasteiger partial charge in [-0.2, -0.15) is 0 Å². The smallest absolute Gasteiger partial charge is 0.174 e. The second-order valence-electron chi connectivity index (χ2n) is 2.87. The molecule has 0 aromatic carbocycles. The summed E-state index contributed by atoms with van der Waals surface area (Å²) in [6.07, 6.45) is 3.59. The summed E-state index contributed by atoms with van der Waals surface area (Å²) in [4.78, 5) is 12.5. The fraction of sp³-hybridized carbons (Fsp3) is 0.600. The van der Waals surface area contributed by atoms with Crippen LogP contribution in [-0.4, -0.2) is 23.9 Å². The Hall–Kier alpha value is -1.19. The monoisotopic (exact) mass is 163 g/mol. The summed E-state index contributed by atoms with van der Waals surface area (Å²) in [6, 6.07) is 0. The molecule has 0 aromatic heterocycles. The molecule has 64 valence electrons. The lowest BCUT2D eigenvalue weighted by atomic mass is 10.1. The van der Waals surface area contributed by atoms with Crippen LogP contribution in [0.25, 0.3) is 0 Å². The molecule has 0 aromatic rings. The van der Waals surface area contributed by atoms with Gasteiger partial charge in [0.15, 0.2) is 11.6 Å². The lowest BCUT2D eigenvalue weighted by Gasteiger charge is -2.26. The molecule has 0 unspecified atom stereocenters. The molecular weight excluding hydrogens is 150 g/mol. The number of hydrogen-bond donors (Lipinski definition) is 0. The van der Waals surface area contributed by atoms with Crippen molar-refractivity contribution in [2.24, 2.45) is 0 Å². The van der Waals surface area contributed by atoms with Crippen molar-refractivity contribution in [2.75, 3.05) is 13.1 Å². The Labute approximate surface area is 73.2 Å². The Balaban J connectivity index is 2.63. The van der Waals surface area contributed by atoms with E-state index in [1.54, 1.807) is 6.92 Å². The SMILES string of the molecule is CC#CC(=C=O)N1CCCCC1. The van der Waals surface area contributed by atoms with Crippen LogP contribution >= 0.6 is 0 Å². The fourth-order valence-corrected chi connectivity index (χ4v) is 1.41. The minimum Gasteiger partial charge on any atom is -0.356 e. The number of rotatable bonds is 1. The molecule has 0 radical (unpaired) electrons. The van der Waals surface area contributed by atoms with Crippen molar-refractivity contribution < 1.29 is 4.79 Å². The Morgan fingerprint density at radius 1 is 1.25 bits per heavy atom. The minimum absolute atomic E-state index is 0.525. The van der Waals surface area contributed by atoms with Gasteiger partial charge in [0.25, 0.3) is 0 Å². The zero-order chi connectivity index (χ0) is 8.81. The third-order valence-electron chi connectivity index (χ3n) is 2.01. The van der Waals surface area contributed by atoms with E-state index in [-0.39, 0.29) is 0 Å². The van der Waals surface area contributed by atoms with Crippen molar-refractivity contribution in [3.8, 4) is 11.8 Å². The molecule has 0 bridgehead atoms. The van der Waals surface area contributed by atoms with Gasteiger partial charge in [-0.3, -0.25) is 0 Å². The highest BCUT2D eigenvalue weighted by molar-refractivity contribution is 5.59. The van der Waals surface area contributed by atoms with E-state index >= 15 is 0 Å². The summed E-state index contributed by atoms with van der Waals surface area (Å²) >= 11 is 0. The van der Waals surface area contributed by atoms with Crippen LogP contribution in [0.3, 0.4) is 0 Å². The van der Waals surface area contributed by atoms with E-state index in [0.29, 0.717) is 5.70 Å². The maximum Gasteiger partial charge on any atom is 0.174 e. The fourth-order valence-electron chi connectivity index (χ4n) is 1.41. The van der Waals surface area contributed by atoms with Crippen LogP contribution in [0.2, 0.25) is 0 Å². The molecule has 1 aliphatic rings. The van der Waals surface area contributed by atoms with Crippen molar-refractivity contribution >= 4 is 5.94 Å². The van der Waals surface area contributed by atoms with Crippen molar-refractivity contribution in [1.82, 2.24) is 4.90 Å². The number of carbonyl (C=O) groups excluding carboxylic acids is 1. The molecule has 2 nitrogen and oxygen atoms in total. The lowest BCUT2D eigenvalue weighted by molar-refractivity contribution is 0.297. The summed E-state index contributed by atoms with van der Waals surface area (Å²) in [5, 5.41) is 0. The minimum atomic E-state index is 0.525. The van der Waals surface area contributed by atoms with E-state index in [9.17, 15) is 4.79 Å². The van der Waals surface area contributed by atoms with Gasteiger partial charge in [-0.1, -0.05) is 5.92 Å². The van der Waals surface area contributed by atoms with E-state index in [1.165, 1.54) is 6.42 Å². The second-order valence-corrected chi connectivity index (χ2v) is 2.87. The zero-order valence-corrected chi connectivity index (χ0v) is 7.39. The third-order valence-corrected chi connectivity index (χ3v) is 2.01. The molecular formula is C10H13NO. The van der Waals surface area contributed by atoms with Gasteiger partial charge in [0.05, 0.1) is 0 Å². The molecule has 1 rings (SSSR count). The maximum atomic E-state index is 10.5. The first-order chi connectivity index (χ1) is 5.88. The van der Waals surface area contributed by atoms with E-state index < -0.39 is 0 Å². The van der Waals surface area contributed by atoms with E-state index in [0.717, 1.165) is 25.9 Å². The molecule has 1 fully saturated rings. The predicted octanol–water partition coefficient (Wildman–Crippen LogP) is 1.21. The van der Waals surface area contributed by atoms with Crippen molar-refractivity contribution in [2.45, 2.75) is 26.2 Å². The number of nitrogens with zero attached hydrogens (tertiary/aromatic N) is 1. The van der Waals surface area contributed by atoms with Gasteiger partial charge < -0.3 is 4.90 Å². The summed E-state index contributed by atoms with van der Waals surface area (Å²) in [5.74, 6) is 7.39. The molecule has 0 N–H and O–H groups in total. The van der Waals surface area contributed by atoms with Gasteiger partial charge in [-0.15, -0.1) is 0 Å². The van der Waals surface area contributed by atoms with Crippen LogP contribution < -0.4 is 0 Å². The molecule has 0 atom stereocenters. The van der Waals surface area contributed by atoms with Crippen LogP contribution in [0.15, 0.2) is 5.70 Å². The molecule has 2 heteroatoms. The number of hydrogen-bond acceptors (Lipinski definition) is 2. The lowest BCUT2D eigenvalue weighted by Crippen LogP contribution is -2.28. The standard InChI is InChI=1S/C10H13NO/c1-2-6-10(9-12)11-7-4-3-5-8-11/h3-5,7-8H2,1H3. The van der Waals surface area contributed by atoms with Gasteiger partial charge in [0, 0.05) is 13.1 Å². The molecule has 0 saturated carbocycles. The number of likely N-dealkylation sites (tertiary alicyclic amines) is 1. The third kappa shape index (κ3) is 2.15. The Kier molecular flexibility index (Phi) is 3.44. The van der Waals surface area contributed by atoms with Gasteiger partial charge in [-0.25, -0.2) is 4.79 Å². The highest BCUT2D eigenvalue weighted by atomic mass is 16.1. The van der Waals surface area contributed by atoms with Crippen LogP contribution in [0.1, 0.15) is 26.2 Å². The maximum absolute atomic E-state index is 10.5. The van der Waals surface area contributed by atoms with Gasteiger partial charge in [0.2, 0.25) is 0 Å². The number of piperidine rings is 1. The van der Waals surface area contributed by atoms with Crippen molar-refractivity contribution in [3.63, 3.8) is 0 Å². The zero-order valence-electron chi connectivity index (χ0n) is 7.39. The predicted molar refractivity (Wildman–Crippen MR) is 48.1 cm³/mol. The molecule has 12 heavy (non-hydrogen) atoms. The summed E-state index contributed by atoms with van der Waals surface area (Å²) < 4.78 is 0. The van der Waals surface area contributed by atoms with Gasteiger partial charge in [-0.05, 0) is 32.1 Å². The summed E-state index contributed by atoms with van der Waals surface area (Å²) in [6.45, 7) is 3.65. The van der Waals surface area contributed by atoms with Gasteiger partial charge in [0.1, 0.15) is 0 Å². The van der Waals surface area contributed by atoms with Crippen LogP contribution in [-0.2, 0) is 4.79 Å². The average molecular weight is 163 g/mol. The molecule has 0 amide bonds. The highest BCUT2D eigenvalue weighted by Crippen LogP contribution is 2.11. The molecule has 1 heterocycles. The highest BCUT2D eigenvalue weighted by Gasteiger charge is 2.11. The van der Waals surface area contributed by atoms with Crippen LogP contribution in [0.4, 0.5) is 0 Å². The molecule has 1 aliphatic heterocycles. The molecule has 0 aliphatic carbocycles. The second kappa shape index (κ2) is 4.64. The Bertz CT molecular complexity index is 247. The normalized spacial score (nSPS) is 15.9. The largest absolute Gasteiger partial charge is 0.356 e. The summed E-state index contributed by atoms with van der Waals surface area (Å²) in [7, 11) is 0. The van der Waals surface area contributed by atoms with Gasteiger partial charge >= 0.3 is 0 Å². The van der Waals surface area contributed by atoms with E-state index in [4.69, 9.17) is 0 Å². The van der Waals surface area contributed by atoms with Crippen LogP contribution in [0.5, 0.6) is 0 Å². The summed E-state index contributed by atoms with van der Waals surface area (Å²) in [5.41, 5.74) is 0.525. The average Bonchev–Trinajstić information content (AvgIpc) is 2.15. The molecule has 0 spiro atoms. The first kappa shape index (κ1) is 8.90. The first-order valence-corrected chi connectivity index (χ1v) is 4.31. The van der Waals surface area contributed by atoms with E-state index in [1.807, 2.05) is 10.8 Å². The van der Waals surface area contributed by atoms with Crippen molar-refractivity contribution in [3.05, 3.63) is 5.70 Å². The van der Waals surface area contributed by atoms with E-state index in [2.05, 4.69) is 11.8 Å².